The Morgan fingerprint density at radius 3 is 1.24 bits per heavy atom. The van der Waals surface area contributed by atoms with Gasteiger partial charge in [0.1, 0.15) is 0 Å². The molecule has 0 unspecified atom stereocenters. The molecule has 0 aromatic heterocycles. The van der Waals surface area contributed by atoms with Gasteiger partial charge >= 0.3 is 0 Å². The van der Waals surface area contributed by atoms with Crippen LogP contribution in [-0.2, 0) is 4.74 Å². The molecular weight excluding hydrogens is 208 g/mol. The van der Waals surface area contributed by atoms with E-state index >= 15 is 0 Å². The molecular formula is C16H34O. The van der Waals surface area contributed by atoms with Crippen LogP contribution in [-0.4, -0.2) is 13.2 Å². The molecule has 1 nitrogen and oxygen atoms in total. The predicted molar refractivity (Wildman–Crippen MR) is 81.6 cm³/mol. The van der Waals surface area contributed by atoms with Gasteiger partial charge in [0.2, 0.25) is 0 Å². The van der Waals surface area contributed by atoms with Crippen molar-refractivity contribution in [2.24, 2.45) is 0 Å². The van der Waals surface area contributed by atoms with Gasteiger partial charge in [-0.15, -0.1) is 26.3 Å². The molecule has 0 aromatic rings. The van der Waals surface area contributed by atoms with Gasteiger partial charge in [0.15, 0.2) is 0 Å². The maximum atomic E-state index is 5.53. The summed E-state index contributed by atoms with van der Waals surface area (Å²) in [4.78, 5) is 0. The molecule has 0 fully saturated rings. The summed E-state index contributed by atoms with van der Waals surface area (Å²) in [5, 5.41) is 0. The van der Waals surface area contributed by atoms with Crippen LogP contribution in [0.4, 0.5) is 0 Å². The van der Waals surface area contributed by atoms with Crippen LogP contribution in [0.1, 0.15) is 65.2 Å². The first kappa shape index (κ1) is 21.7. The third-order valence-electron chi connectivity index (χ3n) is 2.28. The van der Waals surface area contributed by atoms with Crippen LogP contribution in [0.2, 0.25) is 0 Å². The molecule has 0 aliphatic heterocycles. The molecule has 17 heavy (non-hydrogen) atoms. The highest BCUT2D eigenvalue weighted by Gasteiger charge is 1.90. The van der Waals surface area contributed by atoms with Gasteiger partial charge in [0.05, 0.1) is 0 Å². The highest BCUT2D eigenvalue weighted by molar-refractivity contribution is 4.41. The molecule has 0 bridgehead atoms. The van der Waals surface area contributed by atoms with Crippen LogP contribution >= 0.6 is 0 Å². The van der Waals surface area contributed by atoms with Crippen LogP contribution in [0.15, 0.2) is 26.3 Å². The molecule has 0 aliphatic carbocycles. The Labute approximate surface area is 110 Å². The van der Waals surface area contributed by atoms with Crippen LogP contribution in [0.3, 0.4) is 0 Å². The molecule has 0 amide bonds. The van der Waals surface area contributed by atoms with Gasteiger partial charge in [-0.3, -0.25) is 0 Å². The first-order valence-electron chi connectivity index (χ1n) is 6.99. The van der Waals surface area contributed by atoms with Gasteiger partial charge in [-0.25, -0.2) is 0 Å². The fourth-order valence-electron chi connectivity index (χ4n) is 1.36. The van der Waals surface area contributed by atoms with Crippen molar-refractivity contribution in [2.75, 3.05) is 13.2 Å². The zero-order valence-electron chi connectivity index (χ0n) is 12.3. The topological polar surface area (TPSA) is 9.23 Å². The molecule has 0 spiro atoms. The average molecular weight is 242 g/mol. The average Bonchev–Trinajstić information content (AvgIpc) is 2.42. The predicted octanol–water partition coefficient (Wildman–Crippen LogP) is 5.77. The molecule has 104 valence electrons. The minimum Gasteiger partial charge on any atom is -0.381 e. The van der Waals surface area contributed by atoms with Crippen molar-refractivity contribution in [3.8, 4) is 0 Å². The van der Waals surface area contributed by atoms with E-state index in [4.69, 9.17) is 4.74 Å². The van der Waals surface area contributed by atoms with Crippen LogP contribution < -0.4 is 0 Å². The second-order valence-electron chi connectivity index (χ2n) is 3.73. The summed E-state index contributed by atoms with van der Waals surface area (Å²) >= 11 is 0. The molecule has 0 rings (SSSR count). The highest BCUT2D eigenvalue weighted by atomic mass is 16.5. The molecule has 0 atom stereocenters. The van der Waals surface area contributed by atoms with Gasteiger partial charge < -0.3 is 4.74 Å². The monoisotopic (exact) mass is 242 g/mol. The van der Waals surface area contributed by atoms with E-state index < -0.39 is 0 Å². The van der Waals surface area contributed by atoms with E-state index in [0.29, 0.717) is 0 Å². The Hall–Kier alpha value is -0.560. The lowest BCUT2D eigenvalue weighted by Crippen LogP contribution is -1.96. The van der Waals surface area contributed by atoms with E-state index in [1.54, 1.807) is 0 Å². The molecule has 0 saturated heterocycles. The van der Waals surface area contributed by atoms with Gasteiger partial charge in [-0.2, -0.15) is 0 Å². The summed E-state index contributed by atoms with van der Waals surface area (Å²) in [6, 6.07) is 0. The summed E-state index contributed by atoms with van der Waals surface area (Å²) in [5.41, 5.74) is 0. The zero-order chi connectivity index (χ0) is 13.8. The second kappa shape index (κ2) is 29.5. The van der Waals surface area contributed by atoms with Crippen LogP contribution in [0.5, 0.6) is 0 Å². The van der Waals surface area contributed by atoms with Gasteiger partial charge in [-0.05, 0) is 12.8 Å². The van der Waals surface area contributed by atoms with E-state index in [-0.39, 0.29) is 0 Å². The quantitative estimate of drug-likeness (QED) is 0.349. The summed E-state index contributed by atoms with van der Waals surface area (Å²) < 4.78 is 5.53. The van der Waals surface area contributed by atoms with Gasteiger partial charge in [-0.1, -0.05) is 52.4 Å². The first-order chi connectivity index (χ1) is 8.41. The Kier molecular flexibility index (Phi) is 37.7. The summed E-state index contributed by atoms with van der Waals surface area (Å²) in [6.45, 7) is 18.4. The van der Waals surface area contributed by atoms with Gasteiger partial charge in [0, 0.05) is 13.2 Å². The molecule has 0 saturated carbocycles. The number of rotatable bonds is 10. The fourth-order valence-corrected chi connectivity index (χ4v) is 1.36. The number of hydrogen-bond donors (Lipinski definition) is 0. The summed E-state index contributed by atoms with van der Waals surface area (Å²) in [6.07, 6.45) is 10.5. The molecule has 0 N–H and O–H groups in total. The van der Waals surface area contributed by atoms with E-state index in [1.807, 2.05) is 0 Å². The Balaban J connectivity index is -0.000000439. The van der Waals surface area contributed by atoms with Crippen molar-refractivity contribution >= 4 is 0 Å². The standard InChI is InChI=1S/C12H26O.2C2H4/c1-3-5-7-9-11-13-12-10-8-6-4-2;2*1-2/h3-12H2,1-2H3;2*1-2H2. The highest BCUT2D eigenvalue weighted by Crippen LogP contribution is 2.01. The number of hydrogen-bond acceptors (Lipinski definition) is 1. The van der Waals surface area contributed by atoms with Crippen LogP contribution in [0, 0.1) is 0 Å². The smallest absolute Gasteiger partial charge is 0.0466 e. The van der Waals surface area contributed by atoms with Crippen molar-refractivity contribution < 1.29 is 4.74 Å². The van der Waals surface area contributed by atoms with Crippen molar-refractivity contribution in [1.29, 1.82) is 0 Å². The zero-order valence-corrected chi connectivity index (χ0v) is 12.3. The molecule has 0 aromatic carbocycles. The SMILES string of the molecule is C=C.C=C.CCCCCCOCCCCCC. The second-order valence-corrected chi connectivity index (χ2v) is 3.73. The van der Waals surface area contributed by atoms with E-state index in [1.165, 1.54) is 51.4 Å². The Morgan fingerprint density at radius 1 is 0.588 bits per heavy atom. The number of ether oxygens (including phenoxy) is 1. The largest absolute Gasteiger partial charge is 0.381 e. The maximum Gasteiger partial charge on any atom is 0.0466 e. The lowest BCUT2D eigenvalue weighted by Gasteiger charge is -2.03. The molecule has 0 radical (unpaired) electrons. The van der Waals surface area contributed by atoms with E-state index in [2.05, 4.69) is 40.2 Å². The van der Waals surface area contributed by atoms with Crippen molar-refractivity contribution in [1.82, 2.24) is 0 Å². The molecule has 1 heteroatoms. The maximum absolute atomic E-state index is 5.53. The molecule has 0 heterocycles. The van der Waals surface area contributed by atoms with Crippen molar-refractivity contribution in [2.45, 2.75) is 65.2 Å². The lowest BCUT2D eigenvalue weighted by atomic mass is 10.2. The van der Waals surface area contributed by atoms with Crippen molar-refractivity contribution in [3.63, 3.8) is 0 Å². The minimum atomic E-state index is 0.978. The normalized spacial score (nSPS) is 8.59. The fraction of sp³-hybridized carbons (Fsp3) is 0.750. The summed E-state index contributed by atoms with van der Waals surface area (Å²) in [5.74, 6) is 0. The van der Waals surface area contributed by atoms with E-state index in [9.17, 15) is 0 Å². The summed E-state index contributed by atoms with van der Waals surface area (Å²) in [7, 11) is 0. The Bertz CT molecular complexity index is 89.7. The van der Waals surface area contributed by atoms with Gasteiger partial charge in [0.25, 0.3) is 0 Å². The third kappa shape index (κ3) is 31.3. The Morgan fingerprint density at radius 2 is 0.941 bits per heavy atom. The van der Waals surface area contributed by atoms with E-state index in [0.717, 1.165) is 13.2 Å². The third-order valence-corrected chi connectivity index (χ3v) is 2.28. The first-order valence-corrected chi connectivity index (χ1v) is 6.99. The molecule has 0 aliphatic rings. The minimum absolute atomic E-state index is 0.978. The number of unbranched alkanes of at least 4 members (excludes halogenated alkanes) is 6. The van der Waals surface area contributed by atoms with Crippen LogP contribution in [0.25, 0.3) is 0 Å². The lowest BCUT2D eigenvalue weighted by molar-refractivity contribution is 0.126. The van der Waals surface area contributed by atoms with Crippen molar-refractivity contribution in [3.05, 3.63) is 26.3 Å².